The van der Waals surface area contributed by atoms with Gasteiger partial charge in [-0.2, -0.15) is 0 Å². The smallest absolute Gasteiger partial charge is 0.337 e. The van der Waals surface area contributed by atoms with Crippen LogP contribution in [0, 0.1) is 6.57 Å². The molecule has 7 nitrogen and oxygen atoms in total. The fourth-order valence-corrected chi connectivity index (χ4v) is 3.83. The Labute approximate surface area is 184 Å². The molecule has 0 saturated carbocycles. The van der Waals surface area contributed by atoms with Crippen LogP contribution in [0.25, 0.3) is 4.85 Å². The lowest BCUT2D eigenvalue weighted by molar-refractivity contribution is -0.138. The van der Waals surface area contributed by atoms with E-state index in [1.807, 2.05) is 38.1 Å². The molecule has 1 atom stereocenters. The van der Waals surface area contributed by atoms with E-state index in [-0.39, 0.29) is 13.2 Å². The van der Waals surface area contributed by atoms with Crippen molar-refractivity contribution in [1.82, 2.24) is 4.98 Å². The predicted molar refractivity (Wildman–Crippen MR) is 117 cm³/mol. The fourth-order valence-electron chi connectivity index (χ4n) is 3.49. The number of fused-ring (bicyclic) bond motifs is 1. The Bertz CT molecular complexity index is 1030. The molecule has 3 rings (SSSR count). The molecule has 0 bridgehead atoms. The molecule has 0 radical (unpaired) electrons. The number of nitrogens with one attached hydrogen (secondary N) is 1. The molecule has 0 aliphatic carbocycles. The molecule has 2 aromatic rings. The van der Waals surface area contributed by atoms with Crippen molar-refractivity contribution in [3.63, 3.8) is 0 Å². The van der Waals surface area contributed by atoms with Crippen molar-refractivity contribution in [1.29, 1.82) is 0 Å². The Morgan fingerprint density at radius 3 is 2.87 bits per heavy atom. The van der Waals surface area contributed by atoms with Crippen LogP contribution in [-0.2, 0) is 9.53 Å². The summed E-state index contributed by atoms with van der Waals surface area (Å²) in [5.41, 5.74) is 3.43. The molecule has 0 fully saturated rings. The highest BCUT2D eigenvalue weighted by molar-refractivity contribution is 9.10. The lowest BCUT2D eigenvalue weighted by Gasteiger charge is -2.31. The van der Waals surface area contributed by atoms with E-state index in [0.717, 1.165) is 21.3 Å². The molecule has 0 saturated heterocycles. The number of carbonyl (C=O) groups excluding carboxylic acids is 1. The summed E-state index contributed by atoms with van der Waals surface area (Å²) in [6, 6.07) is 7.50. The first kappa shape index (κ1) is 21.7. The number of aromatic nitrogens is 1. The fraction of sp³-hybridized carbons (Fsp3) is 0.318. The van der Waals surface area contributed by atoms with E-state index in [0.29, 0.717) is 29.5 Å². The average molecular weight is 472 g/mol. The second kappa shape index (κ2) is 9.63. The number of benzene rings is 1. The zero-order valence-corrected chi connectivity index (χ0v) is 18.6. The predicted octanol–water partition coefficient (Wildman–Crippen LogP) is 4.55. The van der Waals surface area contributed by atoms with Crippen molar-refractivity contribution >= 4 is 27.6 Å². The maximum absolute atomic E-state index is 13.1. The summed E-state index contributed by atoms with van der Waals surface area (Å²) in [4.78, 5) is 20.7. The lowest BCUT2D eigenvalue weighted by atomic mass is 9.80. The minimum Gasteiger partial charge on any atom is -0.496 e. The zero-order valence-electron chi connectivity index (χ0n) is 17.0. The van der Waals surface area contributed by atoms with Gasteiger partial charge in [0.1, 0.15) is 5.75 Å². The van der Waals surface area contributed by atoms with Gasteiger partial charge in [-0.25, -0.2) is 16.4 Å². The van der Waals surface area contributed by atoms with Gasteiger partial charge in [0, 0.05) is 27.6 Å². The van der Waals surface area contributed by atoms with Crippen molar-refractivity contribution in [2.45, 2.75) is 19.8 Å². The Kier molecular flexibility index (Phi) is 6.95. The summed E-state index contributed by atoms with van der Waals surface area (Å²) in [6.07, 6.45) is 1.67. The van der Waals surface area contributed by atoms with Gasteiger partial charge in [-0.3, -0.25) is 0 Å². The number of allylic oxidation sites excluding steroid dienone is 1. The molecule has 1 aliphatic rings. The Morgan fingerprint density at radius 2 is 2.17 bits per heavy atom. The van der Waals surface area contributed by atoms with E-state index in [2.05, 4.69) is 31.1 Å². The van der Waals surface area contributed by atoms with Gasteiger partial charge in [0.15, 0.2) is 6.61 Å². The minimum absolute atomic E-state index is 0.0293. The zero-order chi connectivity index (χ0) is 21.7. The Morgan fingerprint density at radius 1 is 1.37 bits per heavy atom. The maximum atomic E-state index is 13.1. The molecule has 2 heterocycles. The van der Waals surface area contributed by atoms with Gasteiger partial charge in [0.25, 0.3) is 0 Å². The van der Waals surface area contributed by atoms with Gasteiger partial charge in [0.05, 0.1) is 30.8 Å². The number of ether oxygens (including phenoxy) is 3. The first-order chi connectivity index (χ1) is 14.5. The van der Waals surface area contributed by atoms with Crippen LogP contribution >= 0.6 is 15.9 Å². The van der Waals surface area contributed by atoms with Gasteiger partial charge in [0.2, 0.25) is 12.4 Å². The van der Waals surface area contributed by atoms with E-state index in [9.17, 15) is 4.79 Å². The van der Waals surface area contributed by atoms with Crippen LogP contribution in [0.5, 0.6) is 11.6 Å². The standard InChI is InChI=1S/C22H22BrN3O4/c1-5-29-21-20-16(8-9-25-21)26-13(2)18(22(27)30-11-10-24-3)19(20)15-7-6-14(23)12-17(15)28-4/h6-9,12,19,26H,5,10-11H2,1-2,4H3. The number of esters is 1. The molecule has 156 valence electrons. The highest BCUT2D eigenvalue weighted by Gasteiger charge is 2.37. The number of carbonyl (C=O) groups is 1. The SMILES string of the molecule is [C-]#[N+]CCOC(=O)C1=C(C)Nc2ccnc(OCC)c2C1c1ccc(Br)cc1OC. The van der Waals surface area contributed by atoms with Gasteiger partial charge in [-0.05, 0) is 32.0 Å². The third-order valence-electron chi connectivity index (χ3n) is 4.70. The second-order valence-corrected chi connectivity index (χ2v) is 7.43. The summed E-state index contributed by atoms with van der Waals surface area (Å²) >= 11 is 3.47. The third kappa shape index (κ3) is 4.26. The number of nitrogens with zero attached hydrogens (tertiary/aromatic N) is 2. The molecular weight excluding hydrogens is 450 g/mol. The van der Waals surface area contributed by atoms with Crippen LogP contribution in [0.15, 0.2) is 46.2 Å². The number of hydrogen-bond acceptors (Lipinski definition) is 6. The summed E-state index contributed by atoms with van der Waals surface area (Å²) in [7, 11) is 1.59. The molecule has 0 amide bonds. The van der Waals surface area contributed by atoms with Gasteiger partial charge in [-0.1, -0.05) is 22.0 Å². The summed E-state index contributed by atoms with van der Waals surface area (Å²) in [5.74, 6) is 0.0554. The van der Waals surface area contributed by atoms with Gasteiger partial charge >= 0.3 is 5.97 Å². The Balaban J connectivity index is 2.22. The van der Waals surface area contributed by atoms with Crippen molar-refractivity contribution < 1.29 is 19.0 Å². The van der Waals surface area contributed by atoms with Gasteiger partial charge < -0.3 is 24.4 Å². The lowest BCUT2D eigenvalue weighted by Crippen LogP contribution is -2.26. The normalized spacial score (nSPS) is 15.0. The van der Waals surface area contributed by atoms with Crippen LogP contribution < -0.4 is 14.8 Å². The molecule has 1 N–H and O–H groups in total. The van der Waals surface area contributed by atoms with E-state index < -0.39 is 11.9 Å². The summed E-state index contributed by atoms with van der Waals surface area (Å²) < 4.78 is 17.7. The van der Waals surface area contributed by atoms with Crippen LogP contribution in [0.1, 0.15) is 30.9 Å². The van der Waals surface area contributed by atoms with Crippen LogP contribution in [0.2, 0.25) is 0 Å². The topological polar surface area (TPSA) is 74.0 Å². The second-order valence-electron chi connectivity index (χ2n) is 6.51. The molecule has 0 spiro atoms. The highest BCUT2D eigenvalue weighted by Crippen LogP contribution is 2.48. The maximum Gasteiger partial charge on any atom is 0.337 e. The first-order valence-electron chi connectivity index (χ1n) is 9.45. The molecule has 30 heavy (non-hydrogen) atoms. The van der Waals surface area contributed by atoms with Crippen molar-refractivity contribution in [2.24, 2.45) is 0 Å². The van der Waals surface area contributed by atoms with Crippen LogP contribution in [0.4, 0.5) is 5.69 Å². The molecule has 1 aromatic heterocycles. The number of pyridine rings is 1. The summed E-state index contributed by atoms with van der Waals surface area (Å²) in [5, 5.41) is 3.28. The van der Waals surface area contributed by atoms with Gasteiger partial charge in [-0.15, -0.1) is 0 Å². The van der Waals surface area contributed by atoms with E-state index >= 15 is 0 Å². The number of methoxy groups -OCH3 is 1. The molecule has 1 unspecified atom stereocenters. The van der Waals surface area contributed by atoms with Crippen LogP contribution in [-0.4, -0.2) is 37.8 Å². The average Bonchev–Trinajstić information content (AvgIpc) is 2.73. The van der Waals surface area contributed by atoms with E-state index in [1.165, 1.54) is 0 Å². The number of halogens is 1. The molecule has 8 heteroatoms. The molecular formula is C22H22BrN3O4. The van der Waals surface area contributed by atoms with E-state index in [1.54, 1.807) is 13.3 Å². The Hall–Kier alpha value is -3.05. The summed E-state index contributed by atoms with van der Waals surface area (Å²) in [6.45, 7) is 11.2. The number of anilines is 1. The largest absolute Gasteiger partial charge is 0.496 e. The first-order valence-corrected chi connectivity index (χ1v) is 10.2. The number of rotatable bonds is 7. The van der Waals surface area contributed by atoms with Crippen molar-refractivity contribution in [2.75, 3.05) is 32.2 Å². The number of hydrogen-bond donors (Lipinski definition) is 1. The van der Waals surface area contributed by atoms with Crippen molar-refractivity contribution in [3.05, 3.63) is 68.7 Å². The van der Waals surface area contributed by atoms with Crippen molar-refractivity contribution in [3.8, 4) is 11.6 Å². The van der Waals surface area contributed by atoms with Crippen LogP contribution in [0.3, 0.4) is 0 Å². The third-order valence-corrected chi connectivity index (χ3v) is 5.19. The highest BCUT2D eigenvalue weighted by atomic mass is 79.9. The van der Waals surface area contributed by atoms with E-state index in [4.69, 9.17) is 20.8 Å². The minimum atomic E-state index is -0.514. The monoisotopic (exact) mass is 471 g/mol. The quantitative estimate of drug-likeness (QED) is 0.362. The molecule has 1 aliphatic heterocycles. The molecule has 1 aromatic carbocycles.